The van der Waals surface area contributed by atoms with Crippen LogP contribution >= 0.6 is 0 Å². The molecule has 6 heteroatoms. The van der Waals surface area contributed by atoms with Gasteiger partial charge in [-0.3, -0.25) is 4.68 Å². The monoisotopic (exact) mass is 178 g/mol. The van der Waals surface area contributed by atoms with Crippen LogP contribution in [0.5, 0.6) is 0 Å². The number of tetrazole rings is 1. The van der Waals surface area contributed by atoms with Crippen molar-refractivity contribution in [1.29, 1.82) is 0 Å². The molecular formula is C7H10N6. The molecule has 0 aliphatic carbocycles. The molecule has 0 spiro atoms. The highest BCUT2D eigenvalue weighted by Gasteiger charge is 2.09. The highest BCUT2D eigenvalue weighted by atomic mass is 15.6. The molecule has 0 radical (unpaired) electrons. The topological polar surface area (TPSA) is 61.4 Å². The number of nitrogens with zero attached hydrogens (tertiary/aromatic N) is 6. The number of aryl methyl sites for hydroxylation is 3. The van der Waals surface area contributed by atoms with Gasteiger partial charge in [0.05, 0.1) is 0 Å². The summed E-state index contributed by atoms with van der Waals surface area (Å²) in [6, 6.07) is 0. The van der Waals surface area contributed by atoms with Gasteiger partial charge in [0.1, 0.15) is 0 Å². The first-order valence-corrected chi connectivity index (χ1v) is 3.94. The molecule has 0 unspecified atom stereocenters. The second kappa shape index (κ2) is 2.65. The number of rotatable bonds is 1. The van der Waals surface area contributed by atoms with Crippen molar-refractivity contribution in [1.82, 2.24) is 30.0 Å². The Morgan fingerprint density at radius 3 is 2.54 bits per heavy atom. The Labute approximate surface area is 75.2 Å². The van der Waals surface area contributed by atoms with Gasteiger partial charge in [0.2, 0.25) is 0 Å². The molecule has 2 aromatic heterocycles. The van der Waals surface area contributed by atoms with Gasteiger partial charge < -0.3 is 0 Å². The molecule has 2 heterocycles. The first-order chi connectivity index (χ1) is 6.18. The highest BCUT2D eigenvalue weighted by Crippen LogP contribution is 2.09. The molecule has 0 aliphatic heterocycles. The lowest BCUT2D eigenvalue weighted by Gasteiger charge is -1.96. The van der Waals surface area contributed by atoms with Gasteiger partial charge in [-0.2, -0.15) is 9.78 Å². The highest BCUT2D eigenvalue weighted by molar-refractivity contribution is 5.29. The molecule has 0 aromatic carbocycles. The maximum Gasteiger partial charge on any atom is 0.181 e. The van der Waals surface area contributed by atoms with Gasteiger partial charge in [-0.05, 0) is 24.3 Å². The molecule has 0 amide bonds. The lowest BCUT2D eigenvalue weighted by Crippen LogP contribution is -2.02. The molecule has 0 aliphatic rings. The molecule has 0 saturated heterocycles. The Balaban J connectivity index is 2.58. The van der Waals surface area contributed by atoms with E-state index >= 15 is 0 Å². The average Bonchev–Trinajstić information content (AvgIpc) is 2.58. The number of hydrogen-bond acceptors (Lipinski definition) is 4. The second-order valence-corrected chi connectivity index (χ2v) is 2.95. The van der Waals surface area contributed by atoms with E-state index < -0.39 is 0 Å². The molecule has 0 bridgehead atoms. The molecule has 0 fully saturated rings. The molecule has 0 N–H and O–H groups in total. The largest absolute Gasteiger partial charge is 0.273 e. The van der Waals surface area contributed by atoms with Gasteiger partial charge in [0, 0.05) is 18.8 Å². The Bertz CT molecular complexity index is 426. The van der Waals surface area contributed by atoms with E-state index in [1.807, 2.05) is 27.1 Å². The van der Waals surface area contributed by atoms with Crippen LogP contribution in [-0.4, -0.2) is 30.0 Å². The van der Waals surface area contributed by atoms with Crippen molar-refractivity contribution in [3.05, 3.63) is 17.6 Å². The molecule has 0 atom stereocenters. The summed E-state index contributed by atoms with van der Waals surface area (Å²) in [5.41, 5.74) is 1.05. The van der Waals surface area contributed by atoms with Crippen LogP contribution in [0.15, 0.2) is 6.20 Å². The smallest absolute Gasteiger partial charge is 0.181 e. The van der Waals surface area contributed by atoms with Crippen LogP contribution in [0.4, 0.5) is 0 Å². The van der Waals surface area contributed by atoms with Gasteiger partial charge in [0.15, 0.2) is 11.6 Å². The van der Waals surface area contributed by atoms with E-state index in [9.17, 15) is 0 Å². The van der Waals surface area contributed by atoms with Crippen molar-refractivity contribution >= 4 is 0 Å². The third-order valence-electron chi connectivity index (χ3n) is 1.81. The van der Waals surface area contributed by atoms with Gasteiger partial charge in [-0.25, -0.2) is 0 Å². The van der Waals surface area contributed by atoms with Crippen LogP contribution in [0.1, 0.15) is 11.4 Å². The summed E-state index contributed by atoms with van der Waals surface area (Å²) in [4.78, 5) is 0. The van der Waals surface area contributed by atoms with Gasteiger partial charge in [0.25, 0.3) is 0 Å². The zero-order chi connectivity index (χ0) is 9.42. The SMILES string of the molecule is Cc1cn(C)nc1-n1nnnc1C. The third-order valence-corrected chi connectivity index (χ3v) is 1.81. The predicted octanol–water partition coefficient (Wildman–Crippen LogP) is 0.0126. The van der Waals surface area contributed by atoms with Crippen molar-refractivity contribution in [2.24, 2.45) is 7.05 Å². The lowest BCUT2D eigenvalue weighted by atomic mass is 10.4. The summed E-state index contributed by atoms with van der Waals surface area (Å²) in [6.07, 6.45) is 1.93. The first-order valence-electron chi connectivity index (χ1n) is 3.94. The van der Waals surface area contributed by atoms with E-state index in [0.29, 0.717) is 0 Å². The fourth-order valence-electron chi connectivity index (χ4n) is 1.23. The predicted molar refractivity (Wildman–Crippen MR) is 45.4 cm³/mol. The molecule has 13 heavy (non-hydrogen) atoms. The fourth-order valence-corrected chi connectivity index (χ4v) is 1.23. The van der Waals surface area contributed by atoms with Crippen LogP contribution in [0, 0.1) is 13.8 Å². The van der Waals surface area contributed by atoms with E-state index in [4.69, 9.17) is 0 Å². The molecular weight excluding hydrogens is 168 g/mol. The van der Waals surface area contributed by atoms with Gasteiger partial charge in [-0.1, -0.05) is 0 Å². The quantitative estimate of drug-likeness (QED) is 0.617. The van der Waals surface area contributed by atoms with Gasteiger partial charge in [-0.15, -0.1) is 5.10 Å². The summed E-state index contributed by atoms with van der Waals surface area (Å²) >= 11 is 0. The zero-order valence-electron chi connectivity index (χ0n) is 7.76. The summed E-state index contributed by atoms with van der Waals surface area (Å²) in [7, 11) is 1.87. The van der Waals surface area contributed by atoms with Crippen molar-refractivity contribution in [2.45, 2.75) is 13.8 Å². The van der Waals surface area contributed by atoms with E-state index in [1.54, 1.807) is 9.36 Å². The third kappa shape index (κ3) is 1.20. The van der Waals surface area contributed by atoms with Crippen molar-refractivity contribution < 1.29 is 0 Å². The van der Waals surface area contributed by atoms with Crippen LogP contribution < -0.4 is 0 Å². The van der Waals surface area contributed by atoms with Crippen LogP contribution in [0.25, 0.3) is 5.82 Å². The Morgan fingerprint density at radius 2 is 2.08 bits per heavy atom. The van der Waals surface area contributed by atoms with E-state index in [-0.39, 0.29) is 0 Å². The Morgan fingerprint density at radius 1 is 1.31 bits per heavy atom. The Kier molecular flexibility index (Phi) is 1.61. The summed E-state index contributed by atoms with van der Waals surface area (Å²) < 4.78 is 3.36. The minimum absolute atomic E-state index is 0.738. The normalized spacial score (nSPS) is 10.7. The van der Waals surface area contributed by atoms with Crippen LogP contribution in [-0.2, 0) is 7.05 Å². The summed E-state index contributed by atoms with van der Waals surface area (Å²) in [6.45, 7) is 3.82. The van der Waals surface area contributed by atoms with E-state index in [2.05, 4.69) is 20.6 Å². The fraction of sp³-hybridized carbons (Fsp3) is 0.429. The van der Waals surface area contributed by atoms with Crippen molar-refractivity contribution in [3.63, 3.8) is 0 Å². The molecule has 2 aromatic rings. The van der Waals surface area contributed by atoms with Gasteiger partial charge >= 0.3 is 0 Å². The molecule has 68 valence electrons. The van der Waals surface area contributed by atoms with Crippen molar-refractivity contribution in [3.8, 4) is 5.82 Å². The maximum atomic E-state index is 4.25. The average molecular weight is 178 g/mol. The van der Waals surface area contributed by atoms with E-state index in [1.165, 1.54) is 0 Å². The molecule has 2 rings (SSSR count). The zero-order valence-corrected chi connectivity index (χ0v) is 7.76. The van der Waals surface area contributed by atoms with Crippen LogP contribution in [0.2, 0.25) is 0 Å². The Hall–Kier alpha value is -1.72. The second-order valence-electron chi connectivity index (χ2n) is 2.95. The summed E-state index contributed by atoms with van der Waals surface area (Å²) in [5, 5.41) is 15.4. The molecule has 0 saturated carbocycles. The standard InChI is InChI=1S/C7H10N6/c1-5-4-12(3)9-7(5)13-6(2)8-10-11-13/h4H,1-3H3. The van der Waals surface area contributed by atoms with Crippen molar-refractivity contribution in [2.75, 3.05) is 0 Å². The minimum Gasteiger partial charge on any atom is -0.273 e. The lowest BCUT2D eigenvalue weighted by molar-refractivity contribution is 0.706. The molecule has 6 nitrogen and oxygen atoms in total. The maximum absolute atomic E-state index is 4.25. The first kappa shape index (κ1) is 7.90. The van der Waals surface area contributed by atoms with Crippen LogP contribution in [0.3, 0.4) is 0 Å². The van der Waals surface area contributed by atoms with E-state index in [0.717, 1.165) is 17.2 Å². The minimum atomic E-state index is 0.738. The number of aromatic nitrogens is 6. The number of hydrogen-bond donors (Lipinski definition) is 0. The summed E-state index contributed by atoms with van der Waals surface area (Å²) in [5.74, 6) is 1.52.